The fourth-order valence-corrected chi connectivity index (χ4v) is 3.35. The van der Waals surface area contributed by atoms with Crippen molar-refractivity contribution in [2.45, 2.75) is 44.9 Å². The molecular formula is C22H25NO4. The minimum absolute atomic E-state index is 0.177. The highest BCUT2D eigenvalue weighted by molar-refractivity contribution is 5.90. The molecule has 1 heterocycles. The SMILES string of the molecule is CO[C@@H]1OC(=O)N(c2ccc(CCCC(=O)Cc3ccccc3)cc2)C1C. The van der Waals surface area contributed by atoms with E-state index >= 15 is 0 Å². The van der Waals surface area contributed by atoms with Crippen LogP contribution in [0, 0.1) is 0 Å². The molecule has 0 saturated carbocycles. The molecule has 5 nitrogen and oxygen atoms in total. The molecule has 5 heteroatoms. The molecule has 1 amide bonds. The predicted molar refractivity (Wildman–Crippen MR) is 104 cm³/mol. The fourth-order valence-electron chi connectivity index (χ4n) is 3.35. The average molecular weight is 367 g/mol. The van der Waals surface area contributed by atoms with E-state index in [1.807, 2.05) is 61.5 Å². The van der Waals surface area contributed by atoms with Crippen molar-refractivity contribution in [2.24, 2.45) is 0 Å². The van der Waals surface area contributed by atoms with Crippen molar-refractivity contribution in [1.29, 1.82) is 0 Å². The monoisotopic (exact) mass is 367 g/mol. The number of hydrogen-bond acceptors (Lipinski definition) is 4. The third-order valence-electron chi connectivity index (χ3n) is 4.83. The molecule has 3 rings (SSSR count). The summed E-state index contributed by atoms with van der Waals surface area (Å²) in [7, 11) is 1.53. The van der Waals surface area contributed by atoms with Crippen molar-refractivity contribution >= 4 is 17.6 Å². The smallest absolute Gasteiger partial charge is 0.417 e. The van der Waals surface area contributed by atoms with Crippen LogP contribution < -0.4 is 4.90 Å². The highest BCUT2D eigenvalue weighted by atomic mass is 16.7. The second kappa shape index (κ2) is 8.82. The minimum atomic E-state index is -0.548. The Bertz CT molecular complexity index is 773. The zero-order valence-electron chi connectivity index (χ0n) is 15.8. The number of anilines is 1. The molecule has 1 saturated heterocycles. The van der Waals surface area contributed by atoms with Gasteiger partial charge >= 0.3 is 6.09 Å². The van der Waals surface area contributed by atoms with Crippen LogP contribution in [0.4, 0.5) is 10.5 Å². The van der Waals surface area contributed by atoms with E-state index in [2.05, 4.69) is 0 Å². The van der Waals surface area contributed by atoms with E-state index in [9.17, 15) is 9.59 Å². The molecule has 27 heavy (non-hydrogen) atoms. The Morgan fingerprint density at radius 1 is 1.07 bits per heavy atom. The number of Topliss-reactive ketones (excluding diaryl/α,β-unsaturated/α-hetero) is 1. The number of ketones is 1. The first-order valence-corrected chi connectivity index (χ1v) is 9.25. The summed E-state index contributed by atoms with van der Waals surface area (Å²) in [6.45, 7) is 1.89. The van der Waals surface area contributed by atoms with Gasteiger partial charge in [-0.25, -0.2) is 4.79 Å². The van der Waals surface area contributed by atoms with Crippen LogP contribution in [0.25, 0.3) is 0 Å². The van der Waals surface area contributed by atoms with Gasteiger partial charge in [0.05, 0.1) is 0 Å². The van der Waals surface area contributed by atoms with Crippen molar-refractivity contribution in [3.63, 3.8) is 0 Å². The Labute approximate surface area is 159 Å². The van der Waals surface area contributed by atoms with Crippen molar-refractivity contribution in [3.8, 4) is 0 Å². The van der Waals surface area contributed by atoms with Gasteiger partial charge in [0.2, 0.25) is 6.29 Å². The van der Waals surface area contributed by atoms with Gasteiger partial charge in [0.15, 0.2) is 0 Å². The van der Waals surface area contributed by atoms with Gasteiger partial charge in [-0.2, -0.15) is 0 Å². The molecule has 0 spiro atoms. The normalized spacial score (nSPS) is 19.2. The van der Waals surface area contributed by atoms with Crippen LogP contribution in [0.5, 0.6) is 0 Å². The van der Waals surface area contributed by atoms with Gasteiger partial charge in [-0.05, 0) is 43.0 Å². The average Bonchev–Trinajstić information content (AvgIpc) is 2.97. The van der Waals surface area contributed by atoms with Crippen molar-refractivity contribution < 1.29 is 19.1 Å². The maximum Gasteiger partial charge on any atom is 0.417 e. The lowest BCUT2D eigenvalue weighted by molar-refractivity contribution is -0.118. The molecule has 0 aromatic heterocycles. The number of amides is 1. The van der Waals surface area contributed by atoms with Crippen LogP contribution in [0.3, 0.4) is 0 Å². The zero-order chi connectivity index (χ0) is 19.2. The summed E-state index contributed by atoms with van der Waals surface area (Å²) in [5, 5.41) is 0. The molecule has 2 aromatic carbocycles. The Morgan fingerprint density at radius 3 is 2.41 bits per heavy atom. The third kappa shape index (κ3) is 4.74. The van der Waals surface area contributed by atoms with Gasteiger partial charge in [-0.15, -0.1) is 0 Å². The van der Waals surface area contributed by atoms with Crippen molar-refractivity contribution in [3.05, 3.63) is 65.7 Å². The number of aryl methyl sites for hydroxylation is 1. The first-order valence-electron chi connectivity index (χ1n) is 9.25. The van der Waals surface area contributed by atoms with Crippen LogP contribution >= 0.6 is 0 Å². The molecule has 0 N–H and O–H groups in total. The lowest BCUT2D eigenvalue weighted by Crippen LogP contribution is -2.34. The number of nitrogens with zero attached hydrogens (tertiary/aromatic N) is 1. The van der Waals surface area contributed by atoms with Crippen molar-refractivity contribution in [2.75, 3.05) is 12.0 Å². The number of carbonyl (C=O) groups is 2. The lowest BCUT2D eigenvalue weighted by Gasteiger charge is -2.20. The summed E-state index contributed by atoms with van der Waals surface area (Å²) >= 11 is 0. The second-order valence-corrected chi connectivity index (χ2v) is 6.82. The Balaban J connectivity index is 1.49. The van der Waals surface area contributed by atoms with Crippen LogP contribution in [-0.2, 0) is 27.1 Å². The quantitative estimate of drug-likeness (QED) is 0.704. The lowest BCUT2D eigenvalue weighted by atomic mass is 10.0. The summed E-state index contributed by atoms with van der Waals surface area (Å²) < 4.78 is 10.4. The van der Waals surface area contributed by atoms with Gasteiger partial charge in [-0.1, -0.05) is 42.5 Å². The summed E-state index contributed by atoms with van der Waals surface area (Å²) in [6.07, 6.45) is 1.78. The summed E-state index contributed by atoms with van der Waals surface area (Å²) in [4.78, 5) is 25.7. The van der Waals surface area contributed by atoms with E-state index < -0.39 is 12.4 Å². The molecule has 2 aromatic rings. The van der Waals surface area contributed by atoms with Crippen LogP contribution in [0.1, 0.15) is 30.9 Å². The van der Waals surface area contributed by atoms with Gasteiger partial charge < -0.3 is 9.47 Å². The topological polar surface area (TPSA) is 55.8 Å². The van der Waals surface area contributed by atoms with Crippen LogP contribution in [-0.4, -0.2) is 31.3 Å². The van der Waals surface area contributed by atoms with E-state index in [0.29, 0.717) is 12.8 Å². The molecule has 0 aliphatic carbocycles. The summed E-state index contributed by atoms with van der Waals surface area (Å²) in [5.74, 6) is 0.261. The standard InChI is InChI=1S/C22H25NO4/c1-16-21(26-2)27-22(25)23(16)19-13-11-17(12-14-19)9-6-10-20(24)15-18-7-4-3-5-8-18/h3-5,7-8,11-14,16,21H,6,9-10,15H2,1-2H3/t16?,21-/m1/s1. The van der Waals surface area contributed by atoms with Gasteiger partial charge in [-0.3, -0.25) is 9.69 Å². The number of benzene rings is 2. The highest BCUT2D eigenvalue weighted by Crippen LogP contribution is 2.27. The molecule has 142 valence electrons. The Hall–Kier alpha value is -2.66. The maximum atomic E-state index is 12.1. The van der Waals surface area contributed by atoms with Crippen LogP contribution in [0.2, 0.25) is 0 Å². The number of cyclic esters (lactones) is 1. The van der Waals surface area contributed by atoms with Gasteiger partial charge in [0.25, 0.3) is 0 Å². The predicted octanol–water partition coefficient (Wildman–Crippen LogP) is 4.14. The Kier molecular flexibility index (Phi) is 6.24. The molecule has 1 aliphatic rings. The highest BCUT2D eigenvalue weighted by Gasteiger charge is 2.39. The number of ether oxygens (including phenoxy) is 2. The second-order valence-electron chi connectivity index (χ2n) is 6.82. The maximum absolute atomic E-state index is 12.1. The van der Waals surface area contributed by atoms with E-state index in [0.717, 1.165) is 29.7 Å². The van der Waals surface area contributed by atoms with E-state index in [1.165, 1.54) is 7.11 Å². The Morgan fingerprint density at radius 2 is 1.78 bits per heavy atom. The number of methoxy groups -OCH3 is 1. The molecular weight excluding hydrogens is 342 g/mol. The van der Waals surface area contributed by atoms with Crippen LogP contribution in [0.15, 0.2) is 54.6 Å². The van der Waals surface area contributed by atoms with E-state index in [-0.39, 0.29) is 11.8 Å². The number of rotatable bonds is 8. The largest absolute Gasteiger partial charge is 0.417 e. The first-order chi connectivity index (χ1) is 13.1. The molecule has 1 unspecified atom stereocenters. The van der Waals surface area contributed by atoms with E-state index in [1.54, 1.807) is 4.90 Å². The van der Waals surface area contributed by atoms with Gasteiger partial charge in [0, 0.05) is 25.6 Å². The fraction of sp³-hybridized carbons (Fsp3) is 0.364. The summed E-state index contributed by atoms with van der Waals surface area (Å²) in [5.41, 5.74) is 3.00. The zero-order valence-corrected chi connectivity index (χ0v) is 15.8. The molecule has 1 fully saturated rings. The summed E-state index contributed by atoms with van der Waals surface area (Å²) in [6, 6.07) is 17.5. The molecule has 0 radical (unpaired) electrons. The third-order valence-corrected chi connectivity index (χ3v) is 4.83. The molecule has 2 atom stereocenters. The molecule has 1 aliphatic heterocycles. The van der Waals surface area contributed by atoms with Gasteiger partial charge in [0.1, 0.15) is 11.8 Å². The minimum Gasteiger partial charge on any atom is -0.417 e. The first kappa shape index (κ1) is 19.1. The van der Waals surface area contributed by atoms with Crippen molar-refractivity contribution in [1.82, 2.24) is 0 Å². The van der Waals surface area contributed by atoms with E-state index in [4.69, 9.17) is 9.47 Å². The number of carbonyl (C=O) groups excluding carboxylic acids is 2. The molecule has 0 bridgehead atoms. The number of hydrogen-bond donors (Lipinski definition) is 0.